The van der Waals surface area contributed by atoms with Crippen LogP contribution in [0.3, 0.4) is 0 Å². The summed E-state index contributed by atoms with van der Waals surface area (Å²) in [5, 5.41) is 5.72. The van der Waals surface area contributed by atoms with Crippen molar-refractivity contribution < 1.29 is 4.74 Å². The van der Waals surface area contributed by atoms with Gasteiger partial charge in [-0.15, -0.1) is 0 Å². The summed E-state index contributed by atoms with van der Waals surface area (Å²) < 4.78 is 9.09. The van der Waals surface area contributed by atoms with Crippen LogP contribution < -0.4 is 4.74 Å². The predicted molar refractivity (Wildman–Crippen MR) is 213 cm³/mol. The number of benzene rings is 8. The van der Waals surface area contributed by atoms with Crippen molar-refractivity contribution in [3.8, 4) is 62.1 Å². The molecule has 0 radical (unpaired) electrons. The van der Waals surface area contributed by atoms with Gasteiger partial charge in [-0.3, -0.25) is 0 Å². The molecule has 4 heteroatoms. The molecule has 0 spiro atoms. The number of ether oxygens (including phenoxy) is 1. The summed E-state index contributed by atoms with van der Waals surface area (Å²) >= 11 is 0. The third-order valence-electron chi connectivity index (χ3n) is 10.4. The first-order chi connectivity index (χ1) is 25.8. The van der Waals surface area contributed by atoms with Crippen LogP contribution in [0.4, 0.5) is 0 Å². The van der Waals surface area contributed by atoms with Gasteiger partial charge < -0.3 is 9.30 Å². The summed E-state index contributed by atoms with van der Waals surface area (Å²) in [6.45, 7) is 0. The maximum atomic E-state index is 6.68. The molecule has 0 unspecified atom stereocenters. The van der Waals surface area contributed by atoms with E-state index in [4.69, 9.17) is 14.7 Å². The topological polar surface area (TPSA) is 39.9 Å². The van der Waals surface area contributed by atoms with Crippen LogP contribution in [-0.2, 0) is 0 Å². The van der Waals surface area contributed by atoms with Crippen molar-refractivity contribution in [3.05, 3.63) is 176 Å². The van der Waals surface area contributed by atoms with E-state index in [1.807, 2.05) is 18.2 Å². The fourth-order valence-corrected chi connectivity index (χ4v) is 8.01. The molecule has 10 aromatic rings. The molecule has 0 amide bonds. The first-order valence-corrected chi connectivity index (χ1v) is 17.6. The van der Waals surface area contributed by atoms with Gasteiger partial charge in [0.15, 0.2) is 5.82 Å². The van der Waals surface area contributed by atoms with Crippen LogP contribution >= 0.6 is 0 Å². The molecule has 3 heterocycles. The summed E-state index contributed by atoms with van der Waals surface area (Å²) in [5.41, 5.74) is 11.9. The van der Waals surface area contributed by atoms with E-state index in [-0.39, 0.29) is 0 Å². The van der Waals surface area contributed by atoms with Gasteiger partial charge in [0.1, 0.15) is 11.5 Å². The fraction of sp³-hybridized carbons (Fsp3) is 0. The molecule has 0 aliphatic carbocycles. The molecular weight excluding hydrogens is 635 g/mol. The van der Waals surface area contributed by atoms with Gasteiger partial charge in [0.05, 0.1) is 27.9 Å². The van der Waals surface area contributed by atoms with Gasteiger partial charge in [0.2, 0.25) is 0 Å². The van der Waals surface area contributed by atoms with Gasteiger partial charge >= 0.3 is 0 Å². The number of para-hydroxylation sites is 2. The van der Waals surface area contributed by atoms with Gasteiger partial charge in [0, 0.05) is 43.6 Å². The largest absolute Gasteiger partial charge is 0.456 e. The Hall–Kier alpha value is -7.04. The number of hydrogen-bond acceptors (Lipinski definition) is 3. The minimum atomic E-state index is 0.687. The SMILES string of the molecule is c1ccc(-c2ccc3c4ccccc4n(-c4ccc5c6c(cccc46)-c4cc(-c6nc(-c7ccccc7)c7ccccc7n6)ccc4O5)c3c2)cc1. The maximum absolute atomic E-state index is 6.68. The first-order valence-electron chi connectivity index (χ1n) is 17.6. The van der Waals surface area contributed by atoms with Crippen molar-refractivity contribution in [1.29, 1.82) is 0 Å². The summed E-state index contributed by atoms with van der Waals surface area (Å²) in [5.74, 6) is 2.37. The van der Waals surface area contributed by atoms with Crippen molar-refractivity contribution in [2.45, 2.75) is 0 Å². The zero-order chi connectivity index (χ0) is 34.2. The first kappa shape index (κ1) is 28.8. The maximum Gasteiger partial charge on any atom is 0.160 e. The van der Waals surface area contributed by atoms with E-state index in [9.17, 15) is 0 Å². The van der Waals surface area contributed by atoms with Crippen molar-refractivity contribution in [2.24, 2.45) is 0 Å². The molecule has 52 heavy (non-hydrogen) atoms. The van der Waals surface area contributed by atoms with Crippen molar-refractivity contribution in [3.63, 3.8) is 0 Å². The Balaban J connectivity index is 1.11. The van der Waals surface area contributed by atoms with Crippen LogP contribution in [0.5, 0.6) is 11.5 Å². The molecule has 0 saturated heterocycles. The molecule has 0 saturated carbocycles. The molecule has 2 aromatic heterocycles. The van der Waals surface area contributed by atoms with Crippen LogP contribution in [-0.4, -0.2) is 14.5 Å². The summed E-state index contributed by atoms with van der Waals surface area (Å²) in [4.78, 5) is 10.2. The molecule has 8 aromatic carbocycles. The standard InChI is InChI=1S/C48H29N3O/c1-3-12-30(13-4-1)32-22-24-35-34-16-8-10-21-41(34)51(43(35)29-32)42-25-27-45-46-36(18-11-19-38(42)46)39-28-33(23-26-44(39)52-45)48-49-40-20-9-7-17-37(40)47(50-48)31-14-5-2-6-15-31/h1-29H. The minimum absolute atomic E-state index is 0.687. The number of hydrogen-bond donors (Lipinski definition) is 0. The molecule has 1 aliphatic heterocycles. The molecule has 11 rings (SSSR count). The zero-order valence-corrected chi connectivity index (χ0v) is 28.0. The van der Waals surface area contributed by atoms with E-state index in [0.717, 1.165) is 66.8 Å². The van der Waals surface area contributed by atoms with Crippen LogP contribution in [0.25, 0.3) is 94.1 Å². The summed E-state index contributed by atoms with van der Waals surface area (Å²) in [6.07, 6.45) is 0. The quantitative estimate of drug-likeness (QED) is 0.188. The summed E-state index contributed by atoms with van der Waals surface area (Å²) in [6, 6.07) is 61.9. The van der Waals surface area contributed by atoms with Gasteiger partial charge in [-0.25, -0.2) is 9.97 Å². The lowest BCUT2D eigenvalue weighted by atomic mass is 9.92. The summed E-state index contributed by atoms with van der Waals surface area (Å²) in [7, 11) is 0. The van der Waals surface area contributed by atoms with E-state index in [0.29, 0.717) is 5.82 Å². The number of aromatic nitrogens is 3. The number of fused-ring (bicyclic) bond motifs is 6. The molecular formula is C48H29N3O. The lowest BCUT2D eigenvalue weighted by molar-refractivity contribution is 0.487. The molecule has 242 valence electrons. The van der Waals surface area contributed by atoms with E-state index >= 15 is 0 Å². The molecule has 0 fully saturated rings. The smallest absolute Gasteiger partial charge is 0.160 e. The zero-order valence-electron chi connectivity index (χ0n) is 28.0. The number of nitrogens with zero attached hydrogens (tertiary/aromatic N) is 3. The predicted octanol–water partition coefficient (Wildman–Crippen LogP) is 12.7. The average Bonchev–Trinajstić information content (AvgIpc) is 3.54. The highest BCUT2D eigenvalue weighted by atomic mass is 16.5. The Kier molecular flexibility index (Phi) is 6.22. The van der Waals surface area contributed by atoms with Crippen LogP contribution in [0.2, 0.25) is 0 Å². The van der Waals surface area contributed by atoms with E-state index in [1.54, 1.807) is 0 Å². The Morgan fingerprint density at radius 1 is 0.404 bits per heavy atom. The third-order valence-corrected chi connectivity index (χ3v) is 10.4. The van der Waals surface area contributed by atoms with Crippen LogP contribution in [0, 0.1) is 0 Å². The normalized spacial score (nSPS) is 12.0. The van der Waals surface area contributed by atoms with E-state index in [1.165, 1.54) is 32.9 Å². The second kappa shape index (κ2) is 11.2. The van der Waals surface area contributed by atoms with Gasteiger partial charge in [-0.1, -0.05) is 127 Å². The van der Waals surface area contributed by atoms with Crippen LogP contribution in [0.15, 0.2) is 176 Å². The van der Waals surface area contributed by atoms with Crippen molar-refractivity contribution >= 4 is 43.5 Å². The second-order valence-electron chi connectivity index (χ2n) is 13.4. The van der Waals surface area contributed by atoms with E-state index < -0.39 is 0 Å². The Morgan fingerprint density at radius 2 is 1.10 bits per heavy atom. The molecule has 0 N–H and O–H groups in total. The van der Waals surface area contributed by atoms with Gasteiger partial charge in [0.25, 0.3) is 0 Å². The lowest BCUT2D eigenvalue weighted by Crippen LogP contribution is -2.02. The molecule has 1 aliphatic rings. The van der Waals surface area contributed by atoms with Gasteiger partial charge in [-0.2, -0.15) is 0 Å². The highest BCUT2D eigenvalue weighted by molar-refractivity contribution is 6.13. The Bertz CT molecular complexity index is 3040. The third kappa shape index (κ3) is 4.34. The fourth-order valence-electron chi connectivity index (χ4n) is 8.01. The lowest BCUT2D eigenvalue weighted by Gasteiger charge is -2.23. The Labute approximate surface area is 299 Å². The van der Waals surface area contributed by atoms with Crippen molar-refractivity contribution in [2.75, 3.05) is 0 Å². The minimum Gasteiger partial charge on any atom is -0.456 e. The van der Waals surface area contributed by atoms with Crippen LogP contribution in [0.1, 0.15) is 0 Å². The average molecular weight is 664 g/mol. The Morgan fingerprint density at radius 3 is 1.96 bits per heavy atom. The second-order valence-corrected chi connectivity index (χ2v) is 13.4. The van der Waals surface area contributed by atoms with E-state index in [2.05, 4.69) is 162 Å². The molecule has 0 atom stereocenters. The van der Waals surface area contributed by atoms with Gasteiger partial charge in [-0.05, 0) is 65.2 Å². The van der Waals surface area contributed by atoms with Crippen molar-refractivity contribution in [1.82, 2.24) is 14.5 Å². The highest BCUT2D eigenvalue weighted by Crippen LogP contribution is 2.49. The monoisotopic (exact) mass is 663 g/mol. The molecule has 0 bridgehead atoms. The highest BCUT2D eigenvalue weighted by Gasteiger charge is 2.24. The number of rotatable bonds is 4. The molecule has 4 nitrogen and oxygen atoms in total.